The van der Waals surface area contributed by atoms with E-state index in [1.165, 1.54) is 72.8 Å². The number of ether oxygens (including phenoxy) is 2. The fourth-order valence-electron chi connectivity index (χ4n) is 2.47. The van der Waals surface area contributed by atoms with Gasteiger partial charge in [0.15, 0.2) is 0 Å². The van der Waals surface area contributed by atoms with Gasteiger partial charge in [-0.2, -0.15) is 0 Å². The average molecular weight is 406 g/mol. The summed E-state index contributed by atoms with van der Waals surface area (Å²) in [5, 5.41) is 18.0. The first-order valence-corrected chi connectivity index (χ1v) is 8.54. The van der Waals surface area contributed by atoms with Crippen molar-refractivity contribution >= 4 is 23.9 Å². The summed E-state index contributed by atoms with van der Waals surface area (Å²) in [5.41, 5.74) is 0.0600. The Morgan fingerprint density at radius 3 is 1.20 bits per heavy atom. The van der Waals surface area contributed by atoms with Crippen molar-refractivity contribution in [3.63, 3.8) is 0 Å². The monoisotopic (exact) mass is 406 g/mol. The standard InChI is InChI=1S/C22H14O8/c23-19(24)13-3-1-5-15(11-13)21(27)29-17-7-9-18(10-8-17)30-22(28)16-6-2-4-14(12-16)20(25)26/h1-12H,(H,23,24)(H,25,26). The molecule has 8 heteroatoms. The maximum atomic E-state index is 12.2. The smallest absolute Gasteiger partial charge is 0.343 e. The largest absolute Gasteiger partial charge is 0.478 e. The second-order valence-electron chi connectivity index (χ2n) is 6.02. The van der Waals surface area contributed by atoms with Crippen LogP contribution in [0.2, 0.25) is 0 Å². The van der Waals surface area contributed by atoms with Crippen LogP contribution in [-0.2, 0) is 0 Å². The van der Waals surface area contributed by atoms with Gasteiger partial charge >= 0.3 is 23.9 Å². The van der Waals surface area contributed by atoms with E-state index in [1.54, 1.807) is 0 Å². The third kappa shape index (κ3) is 4.87. The maximum absolute atomic E-state index is 12.2. The zero-order valence-electron chi connectivity index (χ0n) is 15.3. The highest BCUT2D eigenvalue weighted by Crippen LogP contribution is 2.20. The Bertz CT molecular complexity index is 1040. The number of carbonyl (C=O) groups is 4. The molecule has 0 heterocycles. The molecule has 0 spiro atoms. The lowest BCUT2D eigenvalue weighted by molar-refractivity contribution is 0.0683. The lowest BCUT2D eigenvalue weighted by Crippen LogP contribution is -2.11. The summed E-state index contributed by atoms with van der Waals surface area (Å²) in [7, 11) is 0. The summed E-state index contributed by atoms with van der Waals surface area (Å²) < 4.78 is 10.4. The summed E-state index contributed by atoms with van der Waals surface area (Å²) in [5.74, 6) is -3.49. The van der Waals surface area contributed by atoms with E-state index in [0.717, 1.165) is 0 Å². The van der Waals surface area contributed by atoms with Gasteiger partial charge in [0.05, 0.1) is 22.3 Å². The molecule has 0 saturated heterocycles. The first-order valence-electron chi connectivity index (χ1n) is 8.54. The molecule has 2 N–H and O–H groups in total. The Kier molecular flexibility index (Phi) is 5.88. The third-order valence-electron chi connectivity index (χ3n) is 3.94. The van der Waals surface area contributed by atoms with Crippen LogP contribution >= 0.6 is 0 Å². The Morgan fingerprint density at radius 1 is 0.533 bits per heavy atom. The molecule has 0 aliphatic heterocycles. The highest BCUT2D eigenvalue weighted by molar-refractivity contribution is 5.96. The van der Waals surface area contributed by atoms with E-state index >= 15 is 0 Å². The van der Waals surface area contributed by atoms with Gasteiger partial charge < -0.3 is 19.7 Å². The van der Waals surface area contributed by atoms with Crippen LogP contribution in [0.15, 0.2) is 72.8 Å². The van der Waals surface area contributed by atoms with Gasteiger partial charge in [0.2, 0.25) is 0 Å². The van der Waals surface area contributed by atoms with Crippen LogP contribution in [0.25, 0.3) is 0 Å². The lowest BCUT2D eigenvalue weighted by atomic mass is 10.1. The third-order valence-corrected chi connectivity index (χ3v) is 3.94. The van der Waals surface area contributed by atoms with Crippen molar-refractivity contribution in [1.29, 1.82) is 0 Å². The highest BCUT2D eigenvalue weighted by Gasteiger charge is 2.14. The maximum Gasteiger partial charge on any atom is 0.343 e. The van der Waals surface area contributed by atoms with Crippen molar-refractivity contribution < 1.29 is 38.9 Å². The molecule has 0 unspecified atom stereocenters. The molecule has 0 radical (unpaired) electrons. The number of benzene rings is 3. The summed E-state index contributed by atoms with van der Waals surface area (Å²) in [4.78, 5) is 46.3. The normalized spacial score (nSPS) is 10.1. The molecule has 0 aromatic heterocycles. The zero-order chi connectivity index (χ0) is 21.7. The zero-order valence-corrected chi connectivity index (χ0v) is 15.3. The quantitative estimate of drug-likeness (QED) is 0.470. The van der Waals surface area contributed by atoms with Crippen LogP contribution in [-0.4, -0.2) is 34.1 Å². The number of carbonyl (C=O) groups excluding carboxylic acids is 2. The van der Waals surface area contributed by atoms with Crippen molar-refractivity contribution in [3.05, 3.63) is 95.1 Å². The molecular weight excluding hydrogens is 392 g/mol. The second-order valence-corrected chi connectivity index (χ2v) is 6.02. The molecule has 0 aliphatic rings. The molecule has 0 amide bonds. The van der Waals surface area contributed by atoms with E-state index in [9.17, 15) is 19.2 Å². The average Bonchev–Trinajstić information content (AvgIpc) is 2.75. The Morgan fingerprint density at radius 2 is 0.867 bits per heavy atom. The summed E-state index contributed by atoms with van der Waals surface area (Å²) in [6.07, 6.45) is 0. The molecule has 0 saturated carbocycles. The molecule has 3 aromatic carbocycles. The van der Waals surface area contributed by atoms with E-state index in [1.807, 2.05) is 0 Å². The van der Waals surface area contributed by atoms with Gasteiger partial charge in [-0.15, -0.1) is 0 Å². The van der Waals surface area contributed by atoms with Crippen molar-refractivity contribution in [2.45, 2.75) is 0 Å². The van der Waals surface area contributed by atoms with Crippen molar-refractivity contribution in [2.24, 2.45) is 0 Å². The van der Waals surface area contributed by atoms with Crippen LogP contribution in [0.3, 0.4) is 0 Å². The fourth-order valence-corrected chi connectivity index (χ4v) is 2.47. The molecule has 3 aromatic rings. The number of rotatable bonds is 6. The number of hydrogen-bond acceptors (Lipinski definition) is 6. The van der Waals surface area contributed by atoms with Gasteiger partial charge in [0.25, 0.3) is 0 Å². The van der Waals surface area contributed by atoms with E-state index in [2.05, 4.69) is 0 Å². The number of hydrogen-bond donors (Lipinski definition) is 2. The minimum absolute atomic E-state index is 0.0429. The van der Waals surface area contributed by atoms with Gasteiger partial charge in [0, 0.05) is 0 Å². The minimum Gasteiger partial charge on any atom is -0.478 e. The Labute approximate surface area is 169 Å². The van der Waals surface area contributed by atoms with Gasteiger partial charge in [-0.1, -0.05) is 12.1 Å². The molecule has 3 rings (SSSR count). The summed E-state index contributed by atoms with van der Waals surface area (Å²) >= 11 is 0. The van der Waals surface area contributed by atoms with Crippen LogP contribution in [0.1, 0.15) is 41.4 Å². The van der Waals surface area contributed by atoms with Crippen molar-refractivity contribution in [3.8, 4) is 11.5 Å². The highest BCUT2D eigenvalue weighted by atomic mass is 16.5. The van der Waals surface area contributed by atoms with Crippen LogP contribution < -0.4 is 9.47 Å². The van der Waals surface area contributed by atoms with E-state index in [-0.39, 0.29) is 33.8 Å². The number of esters is 2. The molecule has 0 fully saturated rings. The van der Waals surface area contributed by atoms with E-state index in [0.29, 0.717) is 0 Å². The first-order chi connectivity index (χ1) is 14.3. The minimum atomic E-state index is -1.16. The first kappa shape index (κ1) is 20.3. The second kappa shape index (κ2) is 8.70. The van der Waals surface area contributed by atoms with Gasteiger partial charge in [-0.25, -0.2) is 19.2 Å². The van der Waals surface area contributed by atoms with Gasteiger partial charge in [-0.3, -0.25) is 0 Å². The molecule has 0 aliphatic carbocycles. The molecule has 30 heavy (non-hydrogen) atoms. The molecule has 8 nitrogen and oxygen atoms in total. The summed E-state index contributed by atoms with van der Waals surface area (Å²) in [6.45, 7) is 0. The SMILES string of the molecule is O=C(O)c1cccc(C(=O)Oc2ccc(OC(=O)c3cccc(C(=O)O)c3)cc2)c1. The number of aromatic carboxylic acids is 2. The molecule has 0 atom stereocenters. The topological polar surface area (TPSA) is 127 Å². The Balaban J connectivity index is 1.66. The van der Waals surface area contributed by atoms with Crippen LogP contribution in [0, 0.1) is 0 Å². The lowest BCUT2D eigenvalue weighted by Gasteiger charge is -2.07. The molecule has 0 bridgehead atoms. The van der Waals surface area contributed by atoms with Crippen LogP contribution in [0.4, 0.5) is 0 Å². The number of carboxylic acid groups (broad SMARTS) is 2. The van der Waals surface area contributed by atoms with Crippen molar-refractivity contribution in [1.82, 2.24) is 0 Å². The number of carboxylic acids is 2. The summed E-state index contributed by atoms with van der Waals surface area (Å²) in [6, 6.07) is 16.4. The van der Waals surface area contributed by atoms with Crippen molar-refractivity contribution in [2.75, 3.05) is 0 Å². The Hall–Kier alpha value is -4.46. The van der Waals surface area contributed by atoms with Crippen LogP contribution in [0.5, 0.6) is 11.5 Å². The molecular formula is C22H14O8. The predicted octanol–water partition coefficient (Wildman–Crippen LogP) is 3.52. The van der Waals surface area contributed by atoms with E-state index in [4.69, 9.17) is 19.7 Å². The van der Waals surface area contributed by atoms with Gasteiger partial charge in [0.1, 0.15) is 11.5 Å². The molecule has 150 valence electrons. The fraction of sp³-hybridized carbons (Fsp3) is 0. The van der Waals surface area contributed by atoms with E-state index < -0.39 is 23.9 Å². The van der Waals surface area contributed by atoms with Gasteiger partial charge in [-0.05, 0) is 60.7 Å². The predicted molar refractivity (Wildman–Crippen MR) is 103 cm³/mol.